The number of rotatable bonds is 6. The Morgan fingerprint density at radius 2 is 1.88 bits per heavy atom. The fourth-order valence-electron chi connectivity index (χ4n) is 2.14. The Balaban J connectivity index is 2.14. The first-order valence-corrected chi connectivity index (χ1v) is 7.36. The lowest BCUT2D eigenvalue weighted by Crippen LogP contribution is -2.15. The number of methoxy groups -OCH3 is 2. The molecule has 0 radical (unpaired) electrons. The number of halogens is 1. The summed E-state index contributed by atoms with van der Waals surface area (Å²) in [5, 5.41) is 11.8. The van der Waals surface area contributed by atoms with E-state index in [0.29, 0.717) is 22.7 Å². The summed E-state index contributed by atoms with van der Waals surface area (Å²) in [4.78, 5) is 23.3. The lowest BCUT2D eigenvalue weighted by molar-refractivity contribution is -0.115. The SMILES string of the molecule is COc1ccc(CC(=O)Nc2ccc(Cl)c(C(=O)O)c2)c(OC)c1. The van der Waals surface area contributed by atoms with Gasteiger partial charge in [-0.05, 0) is 24.3 Å². The lowest BCUT2D eigenvalue weighted by atomic mass is 10.1. The van der Waals surface area contributed by atoms with Crippen molar-refractivity contribution < 1.29 is 24.2 Å². The summed E-state index contributed by atoms with van der Waals surface area (Å²) in [5.74, 6) is -0.309. The molecule has 0 spiro atoms. The fourth-order valence-corrected chi connectivity index (χ4v) is 2.34. The van der Waals surface area contributed by atoms with Crippen LogP contribution >= 0.6 is 11.6 Å². The third-order valence-electron chi connectivity index (χ3n) is 3.33. The van der Waals surface area contributed by atoms with Crippen molar-refractivity contribution in [2.75, 3.05) is 19.5 Å². The molecule has 0 saturated heterocycles. The van der Waals surface area contributed by atoms with Crippen molar-refractivity contribution >= 4 is 29.2 Å². The molecule has 0 bridgehead atoms. The summed E-state index contributed by atoms with van der Waals surface area (Å²) in [6, 6.07) is 9.44. The number of amides is 1. The van der Waals surface area contributed by atoms with Crippen LogP contribution in [0.3, 0.4) is 0 Å². The topological polar surface area (TPSA) is 84.9 Å². The Morgan fingerprint density at radius 3 is 2.50 bits per heavy atom. The van der Waals surface area contributed by atoms with Crippen molar-refractivity contribution in [2.45, 2.75) is 6.42 Å². The molecule has 1 amide bonds. The highest BCUT2D eigenvalue weighted by Gasteiger charge is 2.13. The summed E-state index contributed by atoms with van der Waals surface area (Å²) in [7, 11) is 3.05. The highest BCUT2D eigenvalue weighted by atomic mass is 35.5. The van der Waals surface area contributed by atoms with Gasteiger partial charge in [0.1, 0.15) is 11.5 Å². The van der Waals surface area contributed by atoms with E-state index < -0.39 is 5.97 Å². The van der Waals surface area contributed by atoms with Crippen molar-refractivity contribution in [3.05, 3.63) is 52.5 Å². The molecule has 2 aromatic carbocycles. The molecule has 0 unspecified atom stereocenters. The van der Waals surface area contributed by atoms with E-state index >= 15 is 0 Å². The smallest absolute Gasteiger partial charge is 0.337 e. The predicted molar refractivity (Wildman–Crippen MR) is 90.3 cm³/mol. The van der Waals surface area contributed by atoms with E-state index in [1.54, 1.807) is 25.3 Å². The second kappa shape index (κ2) is 7.70. The van der Waals surface area contributed by atoms with Crippen LogP contribution in [0.15, 0.2) is 36.4 Å². The van der Waals surface area contributed by atoms with E-state index in [4.69, 9.17) is 26.2 Å². The van der Waals surface area contributed by atoms with Crippen LogP contribution in [0.2, 0.25) is 5.02 Å². The van der Waals surface area contributed by atoms with Crippen molar-refractivity contribution in [1.82, 2.24) is 0 Å². The number of nitrogens with one attached hydrogen (secondary N) is 1. The predicted octanol–water partition coefficient (Wildman–Crippen LogP) is 3.24. The Labute approximate surface area is 144 Å². The number of hydrogen-bond acceptors (Lipinski definition) is 4. The van der Waals surface area contributed by atoms with Crippen molar-refractivity contribution in [3.8, 4) is 11.5 Å². The zero-order valence-electron chi connectivity index (χ0n) is 13.1. The maximum Gasteiger partial charge on any atom is 0.337 e. The van der Waals surface area contributed by atoms with Crippen molar-refractivity contribution in [1.29, 1.82) is 0 Å². The second-order valence-corrected chi connectivity index (χ2v) is 5.31. The molecule has 0 aliphatic carbocycles. The van der Waals surface area contributed by atoms with Crippen LogP contribution in [-0.4, -0.2) is 31.2 Å². The number of anilines is 1. The second-order valence-electron chi connectivity index (χ2n) is 4.90. The van der Waals surface area contributed by atoms with Gasteiger partial charge in [-0.2, -0.15) is 0 Å². The molecule has 0 atom stereocenters. The molecule has 0 saturated carbocycles. The fraction of sp³-hybridized carbons (Fsp3) is 0.176. The van der Waals surface area contributed by atoms with Gasteiger partial charge in [-0.1, -0.05) is 17.7 Å². The number of carboxylic acids is 1. The first-order valence-electron chi connectivity index (χ1n) is 6.98. The minimum absolute atomic E-state index is 0.0677. The molecular weight excluding hydrogens is 334 g/mol. The standard InChI is InChI=1S/C17H16ClNO5/c1-23-12-5-3-10(15(9-12)24-2)7-16(20)19-11-4-6-14(18)13(8-11)17(21)22/h3-6,8-9H,7H2,1-2H3,(H,19,20)(H,21,22). The van der Waals surface area contributed by atoms with E-state index in [1.165, 1.54) is 25.3 Å². The molecular formula is C17H16ClNO5. The quantitative estimate of drug-likeness (QED) is 0.836. The molecule has 0 heterocycles. The van der Waals surface area contributed by atoms with Crippen LogP contribution in [0.5, 0.6) is 11.5 Å². The molecule has 0 aliphatic heterocycles. The van der Waals surface area contributed by atoms with Gasteiger partial charge in [0.15, 0.2) is 0 Å². The molecule has 0 fully saturated rings. The maximum atomic E-state index is 12.2. The maximum absolute atomic E-state index is 12.2. The van der Waals surface area contributed by atoms with Crippen LogP contribution in [0.4, 0.5) is 5.69 Å². The van der Waals surface area contributed by atoms with Gasteiger partial charge in [0.2, 0.25) is 5.91 Å². The van der Waals surface area contributed by atoms with E-state index in [1.807, 2.05) is 0 Å². The molecule has 0 aliphatic rings. The van der Waals surface area contributed by atoms with Gasteiger partial charge in [-0.25, -0.2) is 4.79 Å². The molecule has 126 valence electrons. The summed E-state index contributed by atoms with van der Waals surface area (Å²) in [5.41, 5.74) is 0.967. The molecule has 2 aromatic rings. The van der Waals surface area contributed by atoms with Crippen LogP contribution in [0.25, 0.3) is 0 Å². The zero-order chi connectivity index (χ0) is 17.7. The number of carboxylic acid groups (broad SMARTS) is 1. The Kier molecular flexibility index (Phi) is 5.65. The number of benzene rings is 2. The number of aromatic carboxylic acids is 1. The van der Waals surface area contributed by atoms with Crippen LogP contribution in [-0.2, 0) is 11.2 Å². The van der Waals surface area contributed by atoms with Crippen molar-refractivity contribution in [2.24, 2.45) is 0 Å². The molecule has 24 heavy (non-hydrogen) atoms. The van der Waals surface area contributed by atoms with E-state index in [0.717, 1.165) is 0 Å². The Morgan fingerprint density at radius 1 is 1.12 bits per heavy atom. The number of ether oxygens (including phenoxy) is 2. The van der Waals surface area contributed by atoms with E-state index in [2.05, 4.69) is 5.32 Å². The van der Waals surface area contributed by atoms with Gasteiger partial charge >= 0.3 is 5.97 Å². The molecule has 0 aromatic heterocycles. The number of carbonyl (C=O) groups excluding carboxylic acids is 1. The van der Waals surface area contributed by atoms with Crippen molar-refractivity contribution in [3.63, 3.8) is 0 Å². The molecule has 7 heteroatoms. The van der Waals surface area contributed by atoms with Crippen LogP contribution in [0.1, 0.15) is 15.9 Å². The Hall–Kier alpha value is -2.73. The molecule has 6 nitrogen and oxygen atoms in total. The van der Waals surface area contributed by atoms with Crippen LogP contribution < -0.4 is 14.8 Å². The van der Waals surface area contributed by atoms with Gasteiger partial charge < -0.3 is 19.9 Å². The largest absolute Gasteiger partial charge is 0.497 e. The molecule has 2 N–H and O–H groups in total. The summed E-state index contributed by atoms with van der Waals surface area (Å²) in [6.45, 7) is 0. The lowest BCUT2D eigenvalue weighted by Gasteiger charge is -2.11. The first kappa shape index (κ1) is 17.6. The van der Waals surface area contributed by atoms with Gasteiger partial charge in [0.25, 0.3) is 0 Å². The highest BCUT2D eigenvalue weighted by Crippen LogP contribution is 2.25. The molecule has 2 rings (SSSR count). The monoisotopic (exact) mass is 349 g/mol. The third-order valence-corrected chi connectivity index (χ3v) is 3.66. The van der Waals surface area contributed by atoms with Gasteiger partial charge in [-0.15, -0.1) is 0 Å². The number of hydrogen-bond donors (Lipinski definition) is 2. The summed E-state index contributed by atoms with van der Waals surface area (Å²) in [6.07, 6.45) is 0.0677. The minimum Gasteiger partial charge on any atom is -0.497 e. The van der Waals surface area contributed by atoms with Gasteiger partial charge in [0.05, 0.1) is 31.2 Å². The summed E-state index contributed by atoms with van der Waals surface area (Å²) < 4.78 is 10.4. The van der Waals surface area contributed by atoms with E-state index in [-0.39, 0.29) is 22.9 Å². The van der Waals surface area contributed by atoms with Gasteiger partial charge in [0, 0.05) is 17.3 Å². The van der Waals surface area contributed by atoms with Gasteiger partial charge in [-0.3, -0.25) is 4.79 Å². The average Bonchev–Trinajstić information content (AvgIpc) is 2.56. The number of carbonyl (C=O) groups is 2. The third kappa shape index (κ3) is 4.17. The Bertz CT molecular complexity index is 776. The minimum atomic E-state index is -1.16. The average molecular weight is 350 g/mol. The van der Waals surface area contributed by atoms with Crippen LogP contribution in [0, 0.1) is 0 Å². The first-order chi connectivity index (χ1) is 11.4. The van der Waals surface area contributed by atoms with E-state index in [9.17, 15) is 9.59 Å². The zero-order valence-corrected chi connectivity index (χ0v) is 13.9. The summed E-state index contributed by atoms with van der Waals surface area (Å²) >= 11 is 5.80. The highest BCUT2D eigenvalue weighted by molar-refractivity contribution is 6.33. The normalized spacial score (nSPS) is 10.1.